The number of para-hydroxylation sites is 1. The minimum absolute atomic E-state index is 0.322. The van der Waals surface area contributed by atoms with Crippen LogP contribution in [0.1, 0.15) is 24.2 Å². The monoisotopic (exact) mass is 313 g/mol. The van der Waals surface area contributed by atoms with Gasteiger partial charge in [-0.05, 0) is 44.2 Å². The molecule has 0 spiro atoms. The number of nitrogens with one attached hydrogen (secondary N) is 1. The lowest BCUT2D eigenvalue weighted by molar-refractivity contribution is -0.128. The lowest BCUT2D eigenvalue weighted by Gasteiger charge is -2.13. The van der Waals surface area contributed by atoms with Gasteiger partial charge in [-0.15, -0.1) is 0 Å². The third-order valence-electron chi connectivity index (χ3n) is 3.05. The van der Waals surface area contributed by atoms with Crippen molar-refractivity contribution in [3.63, 3.8) is 0 Å². The lowest BCUT2D eigenvalue weighted by Crippen LogP contribution is -2.35. The molecule has 2 rings (SSSR count). The summed E-state index contributed by atoms with van der Waals surface area (Å²) in [6.07, 6.45) is -0.846. The molecule has 0 radical (unpaired) electrons. The lowest BCUT2D eigenvalue weighted by atomic mass is 10.2. The van der Waals surface area contributed by atoms with E-state index in [-0.39, 0.29) is 5.91 Å². The first-order chi connectivity index (χ1) is 11.1. The average Bonchev–Trinajstić information content (AvgIpc) is 2.56. The molecule has 1 N–H and O–H groups in total. The van der Waals surface area contributed by atoms with Crippen molar-refractivity contribution in [3.05, 3.63) is 60.2 Å². The van der Waals surface area contributed by atoms with Crippen molar-refractivity contribution in [2.24, 2.45) is 0 Å². The van der Waals surface area contributed by atoms with Crippen molar-refractivity contribution in [1.29, 1.82) is 0 Å². The van der Waals surface area contributed by atoms with Crippen LogP contribution in [0.3, 0.4) is 0 Å². The van der Waals surface area contributed by atoms with Gasteiger partial charge in [0.1, 0.15) is 11.5 Å². The summed E-state index contributed by atoms with van der Waals surface area (Å²) in [7, 11) is 0. The largest absolute Gasteiger partial charge is 0.457 e. The average molecular weight is 313 g/mol. The Morgan fingerprint density at radius 3 is 2.43 bits per heavy atom. The zero-order valence-corrected chi connectivity index (χ0v) is 13.1. The van der Waals surface area contributed by atoms with Crippen molar-refractivity contribution in [1.82, 2.24) is 5.32 Å². The van der Waals surface area contributed by atoms with Crippen LogP contribution < -0.4 is 10.1 Å². The Morgan fingerprint density at radius 1 is 1.04 bits per heavy atom. The van der Waals surface area contributed by atoms with E-state index in [1.165, 1.54) is 6.92 Å². The number of benzene rings is 2. The first-order valence-electron chi connectivity index (χ1n) is 7.42. The van der Waals surface area contributed by atoms with Gasteiger partial charge in [-0.25, -0.2) is 4.79 Å². The summed E-state index contributed by atoms with van der Waals surface area (Å²) in [6.45, 7) is 3.82. The van der Waals surface area contributed by atoms with Crippen LogP contribution >= 0.6 is 0 Å². The summed E-state index contributed by atoms with van der Waals surface area (Å²) in [6, 6.07) is 15.9. The van der Waals surface area contributed by atoms with Crippen LogP contribution in [-0.2, 0) is 9.53 Å². The molecular weight excluding hydrogens is 294 g/mol. The van der Waals surface area contributed by atoms with Crippen LogP contribution in [0.4, 0.5) is 0 Å². The molecule has 1 atom stereocenters. The summed E-state index contributed by atoms with van der Waals surface area (Å²) in [5, 5.41) is 2.61. The quantitative estimate of drug-likeness (QED) is 0.832. The van der Waals surface area contributed by atoms with Gasteiger partial charge in [-0.3, -0.25) is 4.79 Å². The minimum atomic E-state index is -0.846. The van der Waals surface area contributed by atoms with E-state index in [2.05, 4.69) is 5.32 Å². The zero-order chi connectivity index (χ0) is 16.7. The van der Waals surface area contributed by atoms with Gasteiger partial charge in [0.25, 0.3) is 5.91 Å². The molecule has 0 saturated heterocycles. The second-order valence-corrected chi connectivity index (χ2v) is 4.89. The maximum atomic E-state index is 12.1. The number of carbonyl (C=O) groups excluding carboxylic acids is 2. The molecule has 0 fully saturated rings. The second-order valence-electron chi connectivity index (χ2n) is 4.89. The first kappa shape index (κ1) is 16.5. The summed E-state index contributed by atoms with van der Waals surface area (Å²) < 4.78 is 10.8. The van der Waals surface area contributed by atoms with Gasteiger partial charge in [-0.2, -0.15) is 0 Å². The standard InChI is InChI=1S/C18H19NO4/c1-3-19-17(20)13(2)22-18(21)14-8-7-11-16(12-14)23-15-9-5-4-6-10-15/h4-13H,3H2,1-2H3,(H,19,20)/t13-/m0/s1. The molecule has 2 aromatic carbocycles. The van der Waals surface area contributed by atoms with E-state index in [1.807, 2.05) is 30.3 Å². The fourth-order valence-electron chi connectivity index (χ4n) is 1.91. The number of amides is 1. The number of hydrogen-bond donors (Lipinski definition) is 1. The molecule has 0 saturated carbocycles. The molecule has 23 heavy (non-hydrogen) atoms. The second kappa shape index (κ2) is 7.98. The highest BCUT2D eigenvalue weighted by molar-refractivity contribution is 5.92. The smallest absolute Gasteiger partial charge is 0.339 e. The predicted octanol–water partition coefficient (Wildman–Crippen LogP) is 3.16. The number of likely N-dealkylation sites (N-methyl/N-ethyl adjacent to an activating group) is 1. The van der Waals surface area contributed by atoms with Crippen LogP contribution in [0.25, 0.3) is 0 Å². The van der Waals surface area contributed by atoms with E-state index in [9.17, 15) is 9.59 Å². The molecule has 5 nitrogen and oxygen atoms in total. The molecule has 0 unspecified atom stereocenters. The maximum Gasteiger partial charge on any atom is 0.339 e. The molecule has 0 aliphatic rings. The fourth-order valence-corrected chi connectivity index (χ4v) is 1.91. The van der Waals surface area contributed by atoms with Crippen molar-refractivity contribution in [3.8, 4) is 11.5 Å². The molecular formula is C18H19NO4. The molecule has 120 valence electrons. The van der Waals surface area contributed by atoms with E-state index in [0.717, 1.165) is 0 Å². The Hall–Kier alpha value is -2.82. The molecule has 0 heterocycles. The summed E-state index contributed by atoms with van der Waals surface area (Å²) in [5.41, 5.74) is 0.328. The summed E-state index contributed by atoms with van der Waals surface area (Å²) in [5.74, 6) is 0.310. The Labute approximate surface area is 135 Å². The Bertz CT molecular complexity index is 670. The van der Waals surface area contributed by atoms with Crippen molar-refractivity contribution in [2.75, 3.05) is 6.54 Å². The van der Waals surface area contributed by atoms with Crippen LogP contribution in [0.15, 0.2) is 54.6 Å². The fraction of sp³-hybridized carbons (Fsp3) is 0.222. The van der Waals surface area contributed by atoms with Crippen LogP contribution in [0, 0.1) is 0 Å². The van der Waals surface area contributed by atoms with E-state index in [0.29, 0.717) is 23.6 Å². The summed E-state index contributed by atoms with van der Waals surface area (Å²) in [4.78, 5) is 23.7. The molecule has 2 aromatic rings. The van der Waals surface area contributed by atoms with E-state index in [1.54, 1.807) is 31.2 Å². The minimum Gasteiger partial charge on any atom is -0.457 e. The molecule has 5 heteroatoms. The van der Waals surface area contributed by atoms with Gasteiger partial charge in [0, 0.05) is 6.54 Å². The summed E-state index contributed by atoms with van der Waals surface area (Å²) >= 11 is 0. The van der Waals surface area contributed by atoms with Gasteiger partial charge in [0.2, 0.25) is 0 Å². The molecule has 0 bridgehead atoms. The van der Waals surface area contributed by atoms with Gasteiger partial charge in [-0.1, -0.05) is 24.3 Å². The van der Waals surface area contributed by atoms with E-state index < -0.39 is 12.1 Å². The van der Waals surface area contributed by atoms with Crippen molar-refractivity contribution < 1.29 is 19.1 Å². The van der Waals surface area contributed by atoms with Crippen molar-refractivity contribution in [2.45, 2.75) is 20.0 Å². The highest BCUT2D eigenvalue weighted by Gasteiger charge is 2.18. The molecule has 0 aliphatic heterocycles. The van der Waals surface area contributed by atoms with Crippen LogP contribution in [-0.4, -0.2) is 24.5 Å². The topological polar surface area (TPSA) is 64.6 Å². The number of rotatable bonds is 6. The Morgan fingerprint density at radius 2 is 1.74 bits per heavy atom. The molecule has 0 aromatic heterocycles. The normalized spacial score (nSPS) is 11.4. The SMILES string of the molecule is CCNC(=O)[C@H](C)OC(=O)c1cccc(Oc2ccccc2)c1. The Balaban J connectivity index is 2.04. The third kappa shape index (κ3) is 4.85. The van der Waals surface area contributed by atoms with Gasteiger partial charge in [0.05, 0.1) is 5.56 Å². The molecule has 0 aliphatic carbocycles. The van der Waals surface area contributed by atoms with Crippen LogP contribution in [0.5, 0.6) is 11.5 Å². The van der Waals surface area contributed by atoms with E-state index >= 15 is 0 Å². The van der Waals surface area contributed by atoms with Gasteiger partial charge >= 0.3 is 5.97 Å². The predicted molar refractivity (Wildman–Crippen MR) is 86.5 cm³/mol. The number of hydrogen-bond acceptors (Lipinski definition) is 4. The first-order valence-corrected chi connectivity index (χ1v) is 7.42. The van der Waals surface area contributed by atoms with E-state index in [4.69, 9.17) is 9.47 Å². The highest BCUT2D eigenvalue weighted by atomic mass is 16.5. The number of carbonyl (C=O) groups is 2. The van der Waals surface area contributed by atoms with Gasteiger partial charge < -0.3 is 14.8 Å². The number of esters is 1. The molecule has 1 amide bonds. The Kier molecular flexibility index (Phi) is 5.74. The van der Waals surface area contributed by atoms with Crippen LogP contribution in [0.2, 0.25) is 0 Å². The highest BCUT2D eigenvalue weighted by Crippen LogP contribution is 2.22. The third-order valence-corrected chi connectivity index (χ3v) is 3.05. The number of ether oxygens (including phenoxy) is 2. The van der Waals surface area contributed by atoms with Gasteiger partial charge in [0.15, 0.2) is 6.10 Å². The maximum absolute atomic E-state index is 12.1. The van der Waals surface area contributed by atoms with Crippen molar-refractivity contribution >= 4 is 11.9 Å². The zero-order valence-electron chi connectivity index (χ0n) is 13.1.